The van der Waals surface area contributed by atoms with Gasteiger partial charge in [0.05, 0.1) is 0 Å². The van der Waals surface area contributed by atoms with E-state index in [1.165, 1.54) is 0 Å². The first-order valence-corrected chi connectivity index (χ1v) is 6.68. The van der Waals surface area contributed by atoms with E-state index in [1.54, 1.807) is 12.1 Å². The molecule has 5 heteroatoms. The minimum atomic E-state index is -0.494. The largest absolute Gasteiger partial charge is 0.444 e. The fourth-order valence-electron chi connectivity index (χ4n) is 1.49. The predicted molar refractivity (Wildman–Crippen MR) is 77.6 cm³/mol. The Labute approximate surface area is 119 Å². The second-order valence-corrected chi connectivity index (χ2v) is 5.40. The normalized spacial score (nSPS) is 10.8. The molecular weight excluding hydrogens is 256 g/mol. The van der Waals surface area contributed by atoms with Gasteiger partial charge in [0.2, 0.25) is 0 Å². The molecule has 1 aromatic carbocycles. The van der Waals surface area contributed by atoms with Gasteiger partial charge >= 0.3 is 6.09 Å². The van der Waals surface area contributed by atoms with Crippen molar-refractivity contribution in [1.29, 1.82) is 0 Å². The van der Waals surface area contributed by atoms with E-state index in [4.69, 9.17) is 4.74 Å². The first-order valence-electron chi connectivity index (χ1n) is 6.68. The number of nitrogens with one attached hydrogen (secondary N) is 2. The van der Waals surface area contributed by atoms with Crippen molar-refractivity contribution in [3.05, 3.63) is 35.9 Å². The number of ether oxygens (including phenoxy) is 1. The molecule has 0 fully saturated rings. The lowest BCUT2D eigenvalue weighted by Crippen LogP contribution is -2.34. The first-order chi connectivity index (χ1) is 9.38. The van der Waals surface area contributed by atoms with Crippen LogP contribution in [0, 0.1) is 0 Å². The van der Waals surface area contributed by atoms with E-state index in [0.717, 1.165) is 0 Å². The van der Waals surface area contributed by atoms with Crippen LogP contribution in [0.4, 0.5) is 4.79 Å². The van der Waals surface area contributed by atoms with Gasteiger partial charge in [0.15, 0.2) is 0 Å². The summed E-state index contributed by atoms with van der Waals surface area (Å²) in [6, 6.07) is 9.02. The zero-order valence-corrected chi connectivity index (χ0v) is 12.2. The van der Waals surface area contributed by atoms with E-state index >= 15 is 0 Å². The average molecular weight is 278 g/mol. The molecule has 1 aromatic rings. The van der Waals surface area contributed by atoms with Gasteiger partial charge in [-0.3, -0.25) is 4.79 Å². The van der Waals surface area contributed by atoms with E-state index < -0.39 is 11.7 Å². The Morgan fingerprint density at radius 2 is 1.65 bits per heavy atom. The topological polar surface area (TPSA) is 67.4 Å². The summed E-state index contributed by atoms with van der Waals surface area (Å²) in [5, 5.41) is 5.43. The Hall–Kier alpha value is -2.04. The smallest absolute Gasteiger partial charge is 0.407 e. The molecule has 0 aliphatic heterocycles. The van der Waals surface area contributed by atoms with E-state index in [1.807, 2.05) is 39.0 Å². The van der Waals surface area contributed by atoms with Gasteiger partial charge < -0.3 is 15.4 Å². The van der Waals surface area contributed by atoms with Crippen LogP contribution in [0.25, 0.3) is 0 Å². The highest BCUT2D eigenvalue weighted by atomic mass is 16.6. The van der Waals surface area contributed by atoms with Crippen molar-refractivity contribution in [2.75, 3.05) is 13.1 Å². The highest BCUT2D eigenvalue weighted by Crippen LogP contribution is 2.06. The molecule has 0 unspecified atom stereocenters. The molecule has 0 spiro atoms. The van der Waals surface area contributed by atoms with Gasteiger partial charge in [0.1, 0.15) is 5.60 Å². The number of carbonyl (C=O) groups excluding carboxylic acids is 2. The van der Waals surface area contributed by atoms with Crippen molar-refractivity contribution in [3.8, 4) is 0 Å². The van der Waals surface area contributed by atoms with Crippen molar-refractivity contribution >= 4 is 12.0 Å². The van der Waals surface area contributed by atoms with E-state index in [2.05, 4.69) is 10.6 Å². The third-order valence-corrected chi connectivity index (χ3v) is 2.34. The summed E-state index contributed by atoms with van der Waals surface area (Å²) in [4.78, 5) is 23.1. The Morgan fingerprint density at radius 1 is 1.05 bits per heavy atom. The Balaban J connectivity index is 2.14. The number of alkyl carbamates (subject to hydrolysis) is 1. The quantitative estimate of drug-likeness (QED) is 0.812. The molecule has 110 valence electrons. The number of benzene rings is 1. The number of carbonyl (C=O) groups is 2. The first kappa shape index (κ1) is 16.0. The fourth-order valence-corrected chi connectivity index (χ4v) is 1.49. The van der Waals surface area contributed by atoms with Crippen LogP contribution < -0.4 is 10.6 Å². The molecule has 0 aliphatic carbocycles. The van der Waals surface area contributed by atoms with Crippen LogP contribution >= 0.6 is 0 Å². The van der Waals surface area contributed by atoms with Gasteiger partial charge in [-0.15, -0.1) is 0 Å². The van der Waals surface area contributed by atoms with Gasteiger partial charge in [-0.05, 0) is 39.3 Å². The Bertz CT molecular complexity index is 438. The molecule has 0 saturated heterocycles. The molecule has 2 N–H and O–H groups in total. The highest BCUT2D eigenvalue weighted by Gasteiger charge is 2.15. The molecule has 0 aromatic heterocycles. The summed E-state index contributed by atoms with van der Waals surface area (Å²) >= 11 is 0. The SMILES string of the molecule is CC(C)(C)OC(=O)NCCCNC(=O)c1ccccc1. The molecule has 0 saturated carbocycles. The minimum Gasteiger partial charge on any atom is -0.444 e. The van der Waals surface area contributed by atoms with Gasteiger partial charge in [0, 0.05) is 18.7 Å². The minimum absolute atomic E-state index is 0.108. The zero-order valence-electron chi connectivity index (χ0n) is 12.2. The maximum absolute atomic E-state index is 11.7. The van der Waals surface area contributed by atoms with Crippen LogP contribution in [0.1, 0.15) is 37.6 Å². The van der Waals surface area contributed by atoms with Crippen LogP contribution in [0.2, 0.25) is 0 Å². The molecule has 0 atom stereocenters. The number of hydrogen-bond acceptors (Lipinski definition) is 3. The van der Waals surface area contributed by atoms with Crippen LogP contribution in [-0.2, 0) is 4.74 Å². The van der Waals surface area contributed by atoms with Gasteiger partial charge in [0.25, 0.3) is 5.91 Å². The van der Waals surface area contributed by atoms with E-state index in [0.29, 0.717) is 25.1 Å². The number of amides is 2. The third-order valence-electron chi connectivity index (χ3n) is 2.34. The average Bonchev–Trinajstić information content (AvgIpc) is 2.37. The molecular formula is C15H22N2O3. The monoisotopic (exact) mass is 278 g/mol. The van der Waals surface area contributed by atoms with Crippen LogP contribution in [0.5, 0.6) is 0 Å². The summed E-state index contributed by atoms with van der Waals surface area (Å²) in [6.07, 6.45) is 0.213. The van der Waals surface area contributed by atoms with Gasteiger partial charge in [-0.1, -0.05) is 18.2 Å². The van der Waals surface area contributed by atoms with Crippen LogP contribution in [0.15, 0.2) is 30.3 Å². The Morgan fingerprint density at radius 3 is 2.25 bits per heavy atom. The third kappa shape index (κ3) is 6.78. The number of hydrogen-bond donors (Lipinski definition) is 2. The summed E-state index contributed by atoms with van der Waals surface area (Å²) in [7, 11) is 0. The molecule has 0 heterocycles. The van der Waals surface area contributed by atoms with Gasteiger partial charge in [-0.25, -0.2) is 4.79 Å². The van der Waals surface area contributed by atoms with Gasteiger partial charge in [-0.2, -0.15) is 0 Å². The zero-order chi connectivity index (χ0) is 15.0. The van der Waals surface area contributed by atoms with Crippen LogP contribution in [0.3, 0.4) is 0 Å². The predicted octanol–water partition coefficient (Wildman–Crippen LogP) is 2.33. The molecule has 1 rings (SSSR count). The molecule has 0 radical (unpaired) electrons. The molecule has 0 aliphatic rings. The molecule has 5 nitrogen and oxygen atoms in total. The van der Waals surface area contributed by atoms with Crippen molar-refractivity contribution in [3.63, 3.8) is 0 Å². The molecule has 0 bridgehead atoms. The highest BCUT2D eigenvalue weighted by molar-refractivity contribution is 5.94. The lowest BCUT2D eigenvalue weighted by molar-refractivity contribution is 0.0527. The maximum atomic E-state index is 11.7. The van der Waals surface area contributed by atoms with Crippen molar-refractivity contribution in [1.82, 2.24) is 10.6 Å². The summed E-state index contributed by atoms with van der Waals surface area (Å²) in [5.74, 6) is -0.108. The fraction of sp³-hybridized carbons (Fsp3) is 0.467. The standard InChI is InChI=1S/C15H22N2O3/c1-15(2,3)20-14(19)17-11-7-10-16-13(18)12-8-5-4-6-9-12/h4-6,8-9H,7,10-11H2,1-3H3,(H,16,18)(H,17,19). The summed E-state index contributed by atoms with van der Waals surface area (Å²) < 4.78 is 5.10. The number of rotatable bonds is 5. The van der Waals surface area contributed by atoms with E-state index in [9.17, 15) is 9.59 Å². The summed E-state index contributed by atoms with van der Waals surface area (Å²) in [6.45, 7) is 6.40. The summed E-state index contributed by atoms with van der Waals surface area (Å²) in [5.41, 5.74) is 0.138. The van der Waals surface area contributed by atoms with Crippen molar-refractivity contribution in [2.45, 2.75) is 32.8 Å². The molecule has 20 heavy (non-hydrogen) atoms. The lowest BCUT2D eigenvalue weighted by atomic mass is 10.2. The molecule has 2 amide bonds. The Kier molecular flexibility index (Phi) is 6.03. The second kappa shape index (κ2) is 7.53. The van der Waals surface area contributed by atoms with Crippen LogP contribution in [-0.4, -0.2) is 30.7 Å². The van der Waals surface area contributed by atoms with Crippen molar-refractivity contribution < 1.29 is 14.3 Å². The maximum Gasteiger partial charge on any atom is 0.407 e. The lowest BCUT2D eigenvalue weighted by Gasteiger charge is -2.19. The van der Waals surface area contributed by atoms with Crippen molar-refractivity contribution in [2.24, 2.45) is 0 Å². The van der Waals surface area contributed by atoms with E-state index in [-0.39, 0.29) is 5.91 Å². The second-order valence-electron chi connectivity index (χ2n) is 5.40.